The van der Waals surface area contributed by atoms with Crippen LogP contribution in [0.5, 0.6) is 0 Å². The van der Waals surface area contributed by atoms with Crippen molar-refractivity contribution < 1.29 is 4.74 Å². The maximum absolute atomic E-state index is 5.99. The molecular weight excluding hydrogens is 188 g/mol. The first-order valence-electron chi connectivity index (χ1n) is 6.33. The number of rotatable bonds is 1. The van der Waals surface area contributed by atoms with Gasteiger partial charge >= 0.3 is 0 Å². The molecule has 2 aliphatic carbocycles. The van der Waals surface area contributed by atoms with E-state index in [1.165, 1.54) is 25.7 Å². The second-order valence-corrected chi connectivity index (χ2v) is 5.25. The highest BCUT2D eigenvalue weighted by Gasteiger charge is 2.38. The molecule has 3 nitrogen and oxygen atoms in total. The first-order chi connectivity index (χ1) is 7.33. The molecule has 2 N–H and O–H groups in total. The van der Waals surface area contributed by atoms with Gasteiger partial charge in [-0.2, -0.15) is 0 Å². The van der Waals surface area contributed by atoms with Gasteiger partial charge in [-0.05, 0) is 32.1 Å². The van der Waals surface area contributed by atoms with Gasteiger partial charge in [0.2, 0.25) is 0 Å². The van der Waals surface area contributed by atoms with Crippen molar-refractivity contribution in [1.29, 1.82) is 0 Å². The van der Waals surface area contributed by atoms with Crippen molar-refractivity contribution in [2.45, 2.75) is 63.1 Å². The van der Waals surface area contributed by atoms with E-state index >= 15 is 0 Å². The molecule has 0 saturated heterocycles. The minimum absolute atomic E-state index is 0.349. The van der Waals surface area contributed by atoms with Crippen molar-refractivity contribution in [2.24, 2.45) is 16.6 Å². The summed E-state index contributed by atoms with van der Waals surface area (Å²) in [6.07, 6.45) is 8.86. The Kier molecular flexibility index (Phi) is 2.43. The van der Waals surface area contributed by atoms with E-state index in [0.717, 1.165) is 25.2 Å². The molecule has 84 valence electrons. The first-order valence-corrected chi connectivity index (χ1v) is 6.33. The minimum atomic E-state index is 0.349. The van der Waals surface area contributed by atoms with Crippen LogP contribution >= 0.6 is 0 Å². The number of nitrogens with two attached hydrogens (primary N) is 1. The van der Waals surface area contributed by atoms with Gasteiger partial charge in [0.1, 0.15) is 6.10 Å². The van der Waals surface area contributed by atoms with Crippen molar-refractivity contribution in [3.63, 3.8) is 0 Å². The van der Waals surface area contributed by atoms with Crippen LogP contribution in [0, 0.1) is 5.92 Å². The molecule has 0 bridgehead atoms. The number of hydrogen-bond acceptors (Lipinski definition) is 3. The Morgan fingerprint density at radius 2 is 1.93 bits per heavy atom. The third-order valence-corrected chi connectivity index (χ3v) is 4.06. The molecule has 3 unspecified atom stereocenters. The standard InChI is InChI=1S/C12H20N2O/c13-9-5-6-11-10(7-9)14-12(15-11)8-3-1-2-4-8/h8-11H,1-7,13H2. The third kappa shape index (κ3) is 1.78. The maximum atomic E-state index is 5.99. The molecule has 0 aromatic carbocycles. The van der Waals surface area contributed by atoms with Gasteiger partial charge < -0.3 is 10.5 Å². The summed E-state index contributed by atoms with van der Waals surface area (Å²) in [6, 6.07) is 0.728. The first kappa shape index (κ1) is 9.64. The van der Waals surface area contributed by atoms with Gasteiger partial charge in [-0.15, -0.1) is 0 Å². The summed E-state index contributed by atoms with van der Waals surface area (Å²) in [4.78, 5) is 4.76. The lowest BCUT2D eigenvalue weighted by molar-refractivity contribution is 0.137. The van der Waals surface area contributed by atoms with E-state index < -0.39 is 0 Å². The predicted molar refractivity (Wildman–Crippen MR) is 59.9 cm³/mol. The van der Waals surface area contributed by atoms with Gasteiger partial charge in [0, 0.05) is 12.0 Å². The lowest BCUT2D eigenvalue weighted by Crippen LogP contribution is -2.37. The maximum Gasteiger partial charge on any atom is 0.187 e. The quantitative estimate of drug-likeness (QED) is 0.715. The number of fused-ring (bicyclic) bond motifs is 1. The fourth-order valence-corrected chi connectivity index (χ4v) is 3.15. The topological polar surface area (TPSA) is 47.6 Å². The minimum Gasteiger partial charge on any atom is -0.475 e. The summed E-state index contributed by atoms with van der Waals surface area (Å²) < 4.78 is 5.99. The zero-order chi connectivity index (χ0) is 10.3. The summed E-state index contributed by atoms with van der Waals surface area (Å²) in [6.45, 7) is 0. The number of hydrogen-bond donors (Lipinski definition) is 1. The highest BCUT2D eigenvalue weighted by atomic mass is 16.5. The highest BCUT2D eigenvalue weighted by molar-refractivity contribution is 5.81. The van der Waals surface area contributed by atoms with Crippen molar-refractivity contribution in [3.8, 4) is 0 Å². The van der Waals surface area contributed by atoms with Crippen LogP contribution in [0.15, 0.2) is 4.99 Å². The molecule has 2 saturated carbocycles. The predicted octanol–water partition coefficient (Wildman–Crippen LogP) is 1.85. The molecule has 0 amide bonds. The van der Waals surface area contributed by atoms with E-state index in [0.29, 0.717) is 24.1 Å². The van der Waals surface area contributed by atoms with Gasteiger partial charge in [0.05, 0.1) is 6.04 Å². The SMILES string of the molecule is NC1CCC2OC(C3CCCC3)=NC2C1. The van der Waals surface area contributed by atoms with Gasteiger partial charge in [-0.1, -0.05) is 12.8 Å². The molecule has 1 aliphatic heterocycles. The molecule has 3 aliphatic rings. The van der Waals surface area contributed by atoms with Gasteiger partial charge in [0.15, 0.2) is 5.90 Å². The Hall–Kier alpha value is -0.570. The molecule has 0 aromatic heterocycles. The summed E-state index contributed by atoms with van der Waals surface area (Å²) in [7, 11) is 0. The van der Waals surface area contributed by atoms with Gasteiger partial charge in [0.25, 0.3) is 0 Å². The van der Waals surface area contributed by atoms with Crippen LogP contribution in [-0.2, 0) is 4.74 Å². The van der Waals surface area contributed by atoms with Crippen LogP contribution in [0.25, 0.3) is 0 Å². The van der Waals surface area contributed by atoms with Gasteiger partial charge in [-0.3, -0.25) is 0 Å². The van der Waals surface area contributed by atoms with Crippen LogP contribution in [0.3, 0.4) is 0 Å². The van der Waals surface area contributed by atoms with E-state index in [1.807, 2.05) is 0 Å². The Morgan fingerprint density at radius 1 is 1.13 bits per heavy atom. The second kappa shape index (κ2) is 3.78. The molecule has 0 spiro atoms. The molecular formula is C12H20N2O. The Labute approximate surface area is 91.1 Å². The molecule has 1 heterocycles. The lowest BCUT2D eigenvalue weighted by Gasteiger charge is -2.26. The average Bonchev–Trinajstić information content (AvgIpc) is 2.84. The van der Waals surface area contributed by atoms with Crippen molar-refractivity contribution in [2.75, 3.05) is 0 Å². The summed E-state index contributed by atoms with van der Waals surface area (Å²) in [5.41, 5.74) is 5.96. The molecule has 2 fully saturated rings. The molecule has 3 atom stereocenters. The third-order valence-electron chi connectivity index (χ3n) is 4.06. The number of nitrogens with zero attached hydrogens (tertiary/aromatic N) is 1. The van der Waals surface area contributed by atoms with Gasteiger partial charge in [-0.25, -0.2) is 4.99 Å². The number of ether oxygens (including phenoxy) is 1. The Balaban J connectivity index is 1.69. The monoisotopic (exact) mass is 208 g/mol. The van der Waals surface area contributed by atoms with Crippen LogP contribution < -0.4 is 5.73 Å². The van der Waals surface area contributed by atoms with Crippen LogP contribution in [0.1, 0.15) is 44.9 Å². The van der Waals surface area contributed by atoms with E-state index in [4.69, 9.17) is 15.5 Å². The average molecular weight is 208 g/mol. The van der Waals surface area contributed by atoms with Crippen LogP contribution in [0.2, 0.25) is 0 Å². The smallest absolute Gasteiger partial charge is 0.187 e. The normalized spacial score (nSPS) is 41.1. The Morgan fingerprint density at radius 3 is 2.73 bits per heavy atom. The van der Waals surface area contributed by atoms with Crippen molar-refractivity contribution in [3.05, 3.63) is 0 Å². The van der Waals surface area contributed by atoms with E-state index in [9.17, 15) is 0 Å². The highest BCUT2D eigenvalue weighted by Crippen LogP contribution is 2.34. The molecule has 0 radical (unpaired) electrons. The fraction of sp³-hybridized carbons (Fsp3) is 0.917. The molecule has 3 heteroatoms. The second-order valence-electron chi connectivity index (χ2n) is 5.25. The zero-order valence-corrected chi connectivity index (χ0v) is 9.19. The summed E-state index contributed by atoms with van der Waals surface area (Å²) >= 11 is 0. The summed E-state index contributed by atoms with van der Waals surface area (Å²) in [5.74, 6) is 1.70. The lowest BCUT2D eigenvalue weighted by atomic mass is 9.90. The summed E-state index contributed by atoms with van der Waals surface area (Å²) in [5, 5.41) is 0. The molecule has 0 aromatic rings. The zero-order valence-electron chi connectivity index (χ0n) is 9.19. The molecule has 15 heavy (non-hydrogen) atoms. The van der Waals surface area contributed by atoms with Crippen LogP contribution in [-0.4, -0.2) is 24.1 Å². The number of aliphatic imine (C=N–C) groups is 1. The molecule has 3 rings (SSSR count). The van der Waals surface area contributed by atoms with Crippen molar-refractivity contribution in [1.82, 2.24) is 0 Å². The van der Waals surface area contributed by atoms with Crippen LogP contribution in [0.4, 0.5) is 0 Å². The largest absolute Gasteiger partial charge is 0.475 e. The Bertz CT molecular complexity index is 271. The van der Waals surface area contributed by atoms with E-state index in [-0.39, 0.29) is 0 Å². The van der Waals surface area contributed by atoms with E-state index in [2.05, 4.69) is 0 Å². The van der Waals surface area contributed by atoms with Crippen molar-refractivity contribution >= 4 is 5.90 Å². The fourth-order valence-electron chi connectivity index (χ4n) is 3.15. The van der Waals surface area contributed by atoms with E-state index in [1.54, 1.807) is 0 Å².